The van der Waals surface area contributed by atoms with Gasteiger partial charge in [-0.15, -0.1) is 0 Å². The Bertz CT molecular complexity index is 758. The summed E-state index contributed by atoms with van der Waals surface area (Å²) in [7, 11) is 1.63. The maximum absolute atomic E-state index is 12.6. The molecule has 2 heterocycles. The largest absolute Gasteiger partial charge is 0.497 e. The SMILES string of the molecule is COc1ccc(CN2C(=O)/C(=C\c3ccncc3)SC2=S)cc1. The second-order valence-electron chi connectivity index (χ2n) is 4.90. The molecule has 0 radical (unpaired) electrons. The molecule has 6 heteroatoms. The van der Waals surface area contributed by atoms with E-state index in [2.05, 4.69) is 4.98 Å². The van der Waals surface area contributed by atoms with Crippen LogP contribution in [0.4, 0.5) is 0 Å². The summed E-state index contributed by atoms with van der Waals surface area (Å²) in [5.74, 6) is 0.726. The van der Waals surface area contributed by atoms with Gasteiger partial charge in [0, 0.05) is 12.4 Å². The Labute approximate surface area is 144 Å². The van der Waals surface area contributed by atoms with Crippen molar-refractivity contribution in [2.24, 2.45) is 0 Å². The molecule has 0 unspecified atom stereocenters. The van der Waals surface area contributed by atoms with Crippen molar-refractivity contribution in [3.63, 3.8) is 0 Å². The minimum absolute atomic E-state index is 0.0624. The third-order valence-corrected chi connectivity index (χ3v) is 4.75. The minimum Gasteiger partial charge on any atom is -0.497 e. The lowest BCUT2D eigenvalue weighted by atomic mass is 10.2. The molecule has 1 aliphatic heterocycles. The lowest BCUT2D eigenvalue weighted by Gasteiger charge is -2.14. The fourth-order valence-electron chi connectivity index (χ4n) is 2.16. The summed E-state index contributed by atoms with van der Waals surface area (Å²) in [6.07, 6.45) is 5.24. The molecule has 1 amide bonds. The predicted octanol–water partition coefficient (Wildman–Crippen LogP) is 3.49. The minimum atomic E-state index is -0.0624. The Morgan fingerprint density at radius 1 is 1.22 bits per heavy atom. The molecule has 0 atom stereocenters. The zero-order valence-corrected chi connectivity index (χ0v) is 14.1. The summed E-state index contributed by atoms with van der Waals surface area (Å²) in [6, 6.07) is 11.3. The first-order chi connectivity index (χ1) is 11.2. The number of carbonyl (C=O) groups is 1. The lowest BCUT2D eigenvalue weighted by molar-refractivity contribution is -0.122. The molecule has 3 rings (SSSR count). The highest BCUT2D eigenvalue weighted by molar-refractivity contribution is 8.26. The monoisotopic (exact) mass is 342 g/mol. The number of hydrogen-bond donors (Lipinski definition) is 0. The first-order valence-electron chi connectivity index (χ1n) is 6.95. The fraction of sp³-hybridized carbons (Fsp3) is 0.118. The van der Waals surface area contributed by atoms with Crippen LogP contribution in [0.2, 0.25) is 0 Å². The first kappa shape index (κ1) is 15.7. The molecule has 1 aliphatic rings. The van der Waals surface area contributed by atoms with E-state index in [0.29, 0.717) is 15.8 Å². The van der Waals surface area contributed by atoms with Crippen LogP contribution in [0.15, 0.2) is 53.7 Å². The van der Waals surface area contributed by atoms with E-state index >= 15 is 0 Å². The van der Waals surface area contributed by atoms with Gasteiger partial charge >= 0.3 is 0 Å². The van der Waals surface area contributed by atoms with Gasteiger partial charge in [0.25, 0.3) is 5.91 Å². The highest BCUT2D eigenvalue weighted by Crippen LogP contribution is 2.33. The number of benzene rings is 1. The van der Waals surface area contributed by atoms with Gasteiger partial charge in [0.05, 0.1) is 18.6 Å². The van der Waals surface area contributed by atoms with Crippen LogP contribution < -0.4 is 4.74 Å². The molecule has 1 fully saturated rings. The van der Waals surface area contributed by atoms with Gasteiger partial charge in [-0.25, -0.2) is 0 Å². The smallest absolute Gasteiger partial charge is 0.266 e. The number of rotatable bonds is 4. The summed E-state index contributed by atoms with van der Waals surface area (Å²) in [4.78, 5) is 18.8. The van der Waals surface area contributed by atoms with Crippen LogP contribution in [0.5, 0.6) is 5.75 Å². The van der Waals surface area contributed by atoms with E-state index in [4.69, 9.17) is 17.0 Å². The fourth-order valence-corrected chi connectivity index (χ4v) is 3.42. The Hall–Kier alpha value is -2.18. The summed E-state index contributed by atoms with van der Waals surface area (Å²) in [5, 5.41) is 0. The summed E-state index contributed by atoms with van der Waals surface area (Å²) in [6.45, 7) is 0.461. The van der Waals surface area contributed by atoms with Gasteiger partial charge in [-0.1, -0.05) is 36.1 Å². The molecular weight excluding hydrogens is 328 g/mol. The summed E-state index contributed by atoms with van der Waals surface area (Å²) in [5.41, 5.74) is 1.94. The number of thiocarbonyl (C=S) groups is 1. The number of methoxy groups -OCH3 is 1. The Balaban J connectivity index is 1.77. The number of ether oxygens (including phenoxy) is 1. The Morgan fingerprint density at radius 3 is 2.57 bits per heavy atom. The zero-order chi connectivity index (χ0) is 16.2. The first-order valence-corrected chi connectivity index (χ1v) is 8.18. The summed E-state index contributed by atoms with van der Waals surface area (Å²) >= 11 is 6.68. The van der Waals surface area contributed by atoms with E-state index in [9.17, 15) is 4.79 Å². The molecule has 1 saturated heterocycles. The summed E-state index contributed by atoms with van der Waals surface area (Å²) < 4.78 is 5.72. The molecule has 1 aromatic heterocycles. The molecule has 0 saturated carbocycles. The molecule has 23 heavy (non-hydrogen) atoms. The van der Waals surface area contributed by atoms with Gasteiger partial charge in [0.1, 0.15) is 10.1 Å². The molecule has 0 bridgehead atoms. The molecule has 116 valence electrons. The van der Waals surface area contributed by atoms with Gasteiger partial charge < -0.3 is 4.74 Å². The number of hydrogen-bond acceptors (Lipinski definition) is 5. The van der Waals surface area contributed by atoms with E-state index in [1.54, 1.807) is 24.4 Å². The van der Waals surface area contributed by atoms with Gasteiger partial charge in [0.15, 0.2) is 0 Å². The lowest BCUT2D eigenvalue weighted by Crippen LogP contribution is -2.27. The average Bonchev–Trinajstić information content (AvgIpc) is 2.84. The molecule has 1 aromatic carbocycles. The van der Waals surface area contributed by atoms with Crippen LogP contribution in [0.25, 0.3) is 6.08 Å². The van der Waals surface area contributed by atoms with Crippen molar-refractivity contribution in [2.75, 3.05) is 7.11 Å². The van der Waals surface area contributed by atoms with Crippen LogP contribution >= 0.6 is 24.0 Å². The van der Waals surface area contributed by atoms with Gasteiger partial charge in [0.2, 0.25) is 0 Å². The van der Waals surface area contributed by atoms with Crippen molar-refractivity contribution < 1.29 is 9.53 Å². The van der Waals surface area contributed by atoms with Crippen LogP contribution in [-0.4, -0.2) is 27.2 Å². The standard InChI is InChI=1S/C17H14N2O2S2/c1-21-14-4-2-13(3-5-14)11-19-16(20)15(23-17(19)22)10-12-6-8-18-9-7-12/h2-10H,11H2,1H3/b15-10+. The maximum Gasteiger partial charge on any atom is 0.266 e. The quantitative estimate of drug-likeness (QED) is 0.628. The van der Waals surface area contributed by atoms with Crippen LogP contribution in [0, 0.1) is 0 Å². The Morgan fingerprint density at radius 2 is 1.91 bits per heavy atom. The van der Waals surface area contributed by atoms with E-state index in [1.807, 2.05) is 42.5 Å². The van der Waals surface area contributed by atoms with E-state index in [1.165, 1.54) is 11.8 Å². The molecule has 0 aliphatic carbocycles. The van der Waals surface area contributed by atoms with Gasteiger partial charge in [-0.05, 0) is 41.5 Å². The number of carbonyl (C=O) groups excluding carboxylic acids is 1. The van der Waals surface area contributed by atoms with Crippen molar-refractivity contribution in [1.29, 1.82) is 0 Å². The van der Waals surface area contributed by atoms with Gasteiger partial charge in [-0.3, -0.25) is 14.7 Å². The van der Waals surface area contributed by atoms with Crippen molar-refractivity contribution in [3.8, 4) is 5.75 Å². The number of nitrogens with zero attached hydrogens (tertiary/aromatic N) is 2. The predicted molar refractivity (Wildman–Crippen MR) is 95.9 cm³/mol. The highest BCUT2D eigenvalue weighted by atomic mass is 32.2. The second-order valence-corrected chi connectivity index (χ2v) is 6.57. The maximum atomic E-state index is 12.6. The molecule has 0 N–H and O–H groups in total. The van der Waals surface area contributed by atoms with Crippen molar-refractivity contribution in [3.05, 3.63) is 64.8 Å². The molecule has 0 spiro atoms. The number of thioether (sulfide) groups is 1. The molecule has 4 nitrogen and oxygen atoms in total. The third-order valence-electron chi connectivity index (χ3n) is 3.38. The van der Waals surface area contributed by atoms with Crippen molar-refractivity contribution in [2.45, 2.75) is 6.54 Å². The van der Waals surface area contributed by atoms with E-state index in [-0.39, 0.29) is 5.91 Å². The number of amides is 1. The van der Waals surface area contributed by atoms with Crippen molar-refractivity contribution in [1.82, 2.24) is 9.88 Å². The molecule has 2 aromatic rings. The Kier molecular flexibility index (Phi) is 4.73. The topological polar surface area (TPSA) is 42.4 Å². The number of pyridine rings is 1. The average molecular weight is 342 g/mol. The number of aromatic nitrogens is 1. The third kappa shape index (κ3) is 3.60. The van der Waals surface area contributed by atoms with Crippen LogP contribution in [-0.2, 0) is 11.3 Å². The van der Waals surface area contributed by atoms with Crippen LogP contribution in [0.1, 0.15) is 11.1 Å². The van der Waals surface area contributed by atoms with Crippen LogP contribution in [0.3, 0.4) is 0 Å². The normalized spacial score (nSPS) is 16.2. The van der Waals surface area contributed by atoms with E-state index < -0.39 is 0 Å². The van der Waals surface area contributed by atoms with E-state index in [0.717, 1.165) is 16.9 Å². The molecular formula is C17H14N2O2S2. The highest BCUT2D eigenvalue weighted by Gasteiger charge is 2.31. The second kappa shape index (κ2) is 6.93. The zero-order valence-electron chi connectivity index (χ0n) is 12.4. The van der Waals surface area contributed by atoms with Gasteiger partial charge in [-0.2, -0.15) is 0 Å². The van der Waals surface area contributed by atoms with Crippen molar-refractivity contribution >= 4 is 40.3 Å².